The van der Waals surface area contributed by atoms with Crippen LogP contribution in [0.5, 0.6) is 0 Å². The molecule has 2 nitrogen and oxygen atoms in total. The van der Waals surface area contributed by atoms with E-state index in [-0.39, 0.29) is 0 Å². The van der Waals surface area contributed by atoms with E-state index in [1.807, 2.05) is 41.5 Å². The fourth-order valence-electron chi connectivity index (χ4n) is 0.144. The van der Waals surface area contributed by atoms with Gasteiger partial charge in [-0.15, -0.1) is 0 Å². The first-order valence-corrected chi connectivity index (χ1v) is 4.65. The van der Waals surface area contributed by atoms with Gasteiger partial charge in [0.1, 0.15) is 0 Å². The highest BCUT2D eigenvalue weighted by Crippen LogP contribution is 1.75. The summed E-state index contributed by atoms with van der Waals surface area (Å²) >= 11 is 0. The van der Waals surface area contributed by atoms with Crippen molar-refractivity contribution in [3.05, 3.63) is 11.9 Å². The van der Waals surface area contributed by atoms with E-state index in [9.17, 15) is 0 Å². The summed E-state index contributed by atoms with van der Waals surface area (Å²) in [4.78, 5) is 3.40. The molecule has 0 saturated heterocycles. The third kappa shape index (κ3) is 127. The van der Waals surface area contributed by atoms with Crippen LogP contribution in [-0.4, -0.2) is 6.72 Å². The molecule has 0 aliphatic rings. The molecule has 0 aromatic carbocycles. The van der Waals surface area contributed by atoms with E-state index in [4.69, 9.17) is 5.73 Å². The van der Waals surface area contributed by atoms with Gasteiger partial charge in [0, 0.05) is 11.9 Å². The van der Waals surface area contributed by atoms with Crippen LogP contribution in [0.1, 0.15) is 48.5 Å². The van der Waals surface area contributed by atoms with Crippen LogP contribution < -0.4 is 5.73 Å². The normalized spacial score (nSPS) is 7.08. The summed E-state index contributed by atoms with van der Waals surface area (Å²) in [5, 5.41) is 0. The second-order valence-corrected chi connectivity index (χ2v) is 1.06. The number of aliphatic imine (C=N–C) groups is 1. The van der Waals surface area contributed by atoms with E-state index >= 15 is 0 Å². The van der Waals surface area contributed by atoms with E-state index in [1.54, 1.807) is 6.92 Å². The molecule has 12 heavy (non-hydrogen) atoms. The van der Waals surface area contributed by atoms with Crippen LogP contribution in [0.3, 0.4) is 0 Å². The van der Waals surface area contributed by atoms with Gasteiger partial charge < -0.3 is 5.73 Å². The summed E-state index contributed by atoms with van der Waals surface area (Å²) in [6.45, 7) is 17.0. The molecule has 0 fully saturated rings. The van der Waals surface area contributed by atoms with Gasteiger partial charge in [-0.3, -0.25) is 4.99 Å². The van der Waals surface area contributed by atoms with Crippen molar-refractivity contribution in [1.82, 2.24) is 0 Å². The van der Waals surface area contributed by atoms with Crippen molar-refractivity contribution in [2.24, 2.45) is 10.7 Å². The molecule has 0 heterocycles. The van der Waals surface area contributed by atoms with Crippen LogP contribution in [0.15, 0.2) is 16.9 Å². The Hall–Kier alpha value is -0.790. The molecule has 0 atom stereocenters. The lowest BCUT2D eigenvalue weighted by atomic mass is 10.6. The van der Waals surface area contributed by atoms with Gasteiger partial charge in [-0.25, -0.2) is 0 Å². The van der Waals surface area contributed by atoms with Crippen LogP contribution >= 0.6 is 0 Å². The van der Waals surface area contributed by atoms with Gasteiger partial charge in [0.2, 0.25) is 0 Å². The van der Waals surface area contributed by atoms with Crippen LogP contribution in [0, 0.1) is 0 Å². The summed E-state index contributed by atoms with van der Waals surface area (Å²) < 4.78 is 0. The minimum atomic E-state index is 0.685. The minimum Gasteiger partial charge on any atom is -0.401 e. The molecule has 0 rings (SSSR count). The molecule has 2 N–H and O–H groups in total. The third-order valence-electron chi connectivity index (χ3n) is 0.295. The van der Waals surface area contributed by atoms with E-state index in [2.05, 4.69) is 11.7 Å². The number of hydrogen-bond acceptors (Lipinski definition) is 2. The number of hydrogen-bond donors (Lipinski definition) is 1. The average molecular weight is 174 g/mol. The lowest BCUT2D eigenvalue weighted by Gasteiger charge is -1.77. The smallest absolute Gasteiger partial charge is 0.0445 e. The number of nitrogens with zero attached hydrogens (tertiary/aromatic N) is 1. The second kappa shape index (κ2) is 48.9. The molecule has 0 aromatic rings. The predicted molar refractivity (Wildman–Crippen MR) is 61.5 cm³/mol. The minimum absolute atomic E-state index is 0.685. The van der Waals surface area contributed by atoms with E-state index in [0.29, 0.717) is 5.70 Å². The molecular formula is C10H26N2. The Balaban J connectivity index is -0.0000000453. The maximum absolute atomic E-state index is 5.13. The van der Waals surface area contributed by atoms with Crippen molar-refractivity contribution in [1.29, 1.82) is 0 Å². The molecule has 0 unspecified atom stereocenters. The summed E-state index contributed by atoms with van der Waals surface area (Å²) in [5.74, 6) is 0. The Morgan fingerprint density at radius 2 is 1.33 bits per heavy atom. The SMILES string of the molecule is C=N/C=C(/C)N.CC.CC.CC. The summed E-state index contributed by atoms with van der Waals surface area (Å²) in [5.41, 5.74) is 5.82. The number of rotatable bonds is 1. The molecule has 0 bridgehead atoms. The third-order valence-corrected chi connectivity index (χ3v) is 0.295. The van der Waals surface area contributed by atoms with Crippen molar-refractivity contribution < 1.29 is 0 Å². The Bertz CT molecular complexity index is 71.9. The first kappa shape index (κ1) is 22.5. The highest BCUT2D eigenvalue weighted by molar-refractivity contribution is 5.25. The number of nitrogens with two attached hydrogens (primary N) is 1. The van der Waals surface area contributed by atoms with E-state index < -0.39 is 0 Å². The lowest BCUT2D eigenvalue weighted by molar-refractivity contribution is 1.28. The molecular weight excluding hydrogens is 148 g/mol. The summed E-state index contributed by atoms with van der Waals surface area (Å²) in [6, 6.07) is 0. The Morgan fingerprint density at radius 1 is 1.08 bits per heavy atom. The van der Waals surface area contributed by atoms with Gasteiger partial charge in [0.25, 0.3) is 0 Å². The van der Waals surface area contributed by atoms with Gasteiger partial charge in [0.05, 0.1) is 0 Å². The predicted octanol–water partition coefficient (Wildman–Crippen LogP) is 3.59. The quantitative estimate of drug-likeness (QED) is 0.606. The molecule has 2 heteroatoms. The van der Waals surface area contributed by atoms with Crippen LogP contribution in [0.2, 0.25) is 0 Å². The van der Waals surface area contributed by atoms with E-state index in [1.165, 1.54) is 6.20 Å². The largest absolute Gasteiger partial charge is 0.401 e. The van der Waals surface area contributed by atoms with Crippen molar-refractivity contribution in [2.45, 2.75) is 48.5 Å². The lowest BCUT2D eigenvalue weighted by Crippen LogP contribution is -1.87. The second-order valence-electron chi connectivity index (χ2n) is 1.06. The molecule has 0 aliphatic carbocycles. The number of allylic oxidation sites excluding steroid dienone is 1. The van der Waals surface area contributed by atoms with Gasteiger partial charge >= 0.3 is 0 Å². The van der Waals surface area contributed by atoms with Crippen molar-refractivity contribution in [2.75, 3.05) is 0 Å². The molecule has 0 aliphatic heterocycles. The van der Waals surface area contributed by atoms with Gasteiger partial charge in [-0.1, -0.05) is 41.5 Å². The first-order valence-electron chi connectivity index (χ1n) is 4.65. The zero-order valence-corrected chi connectivity index (χ0v) is 9.81. The molecule has 0 spiro atoms. The Kier molecular flexibility index (Phi) is 91.5. The molecule has 0 radical (unpaired) electrons. The van der Waals surface area contributed by atoms with Crippen molar-refractivity contribution >= 4 is 6.72 Å². The maximum Gasteiger partial charge on any atom is 0.0445 e. The highest BCUT2D eigenvalue weighted by atomic mass is 14.7. The zero-order valence-electron chi connectivity index (χ0n) is 9.81. The van der Waals surface area contributed by atoms with Crippen LogP contribution in [-0.2, 0) is 0 Å². The molecule has 0 aromatic heterocycles. The highest BCUT2D eigenvalue weighted by Gasteiger charge is 1.64. The topological polar surface area (TPSA) is 38.4 Å². The van der Waals surface area contributed by atoms with Gasteiger partial charge in [-0.05, 0) is 13.6 Å². The van der Waals surface area contributed by atoms with E-state index in [0.717, 1.165) is 0 Å². The van der Waals surface area contributed by atoms with Gasteiger partial charge in [0.15, 0.2) is 0 Å². The monoisotopic (exact) mass is 174 g/mol. The Labute approximate surface area is 78.6 Å². The van der Waals surface area contributed by atoms with Gasteiger partial charge in [-0.2, -0.15) is 0 Å². The van der Waals surface area contributed by atoms with Crippen LogP contribution in [0.25, 0.3) is 0 Å². The molecule has 0 amide bonds. The first-order chi connectivity index (χ1) is 5.77. The van der Waals surface area contributed by atoms with Crippen LogP contribution in [0.4, 0.5) is 0 Å². The average Bonchev–Trinajstić information content (AvgIpc) is 2.14. The zero-order chi connectivity index (χ0) is 11.0. The fourth-order valence-corrected chi connectivity index (χ4v) is 0.144. The maximum atomic E-state index is 5.13. The summed E-state index contributed by atoms with van der Waals surface area (Å²) in [7, 11) is 0. The fraction of sp³-hybridized carbons (Fsp3) is 0.700. The van der Waals surface area contributed by atoms with Crippen molar-refractivity contribution in [3.63, 3.8) is 0 Å². The van der Waals surface area contributed by atoms with Crippen molar-refractivity contribution in [3.8, 4) is 0 Å². The Morgan fingerprint density at radius 3 is 1.33 bits per heavy atom. The standard InChI is InChI=1S/C4H8N2.3C2H6/c1-4(5)3-6-2;3*1-2/h3H,2,5H2,1H3;3*1-2H3/b4-3-;;;. The summed E-state index contributed by atoms with van der Waals surface area (Å²) in [6.07, 6.45) is 1.50. The molecule has 0 saturated carbocycles. The molecule has 76 valence electrons.